The predicted octanol–water partition coefficient (Wildman–Crippen LogP) is 2.17. The van der Waals surface area contributed by atoms with E-state index in [2.05, 4.69) is 4.98 Å². The van der Waals surface area contributed by atoms with Crippen molar-refractivity contribution in [3.8, 4) is 5.75 Å². The standard InChI is InChI=1S/C27H34N4O8S/c1-27(2,3)25(34)39-21-20-24(33)29(15-16-40(4,36)37)13-14-31(20)22(28-23(21)32)19-11-8-12-30(19)26(35)38-17-18-9-6-5-7-10-18/h5-7,9-10,19H,8,11-17H2,1-4H3/t19-/m0/s1. The van der Waals surface area contributed by atoms with E-state index in [0.717, 1.165) is 11.8 Å². The van der Waals surface area contributed by atoms with Crippen LogP contribution in [0.2, 0.25) is 0 Å². The molecule has 1 aromatic carbocycles. The molecule has 2 aliphatic rings. The van der Waals surface area contributed by atoms with Crippen LogP contribution in [0.5, 0.6) is 5.75 Å². The lowest BCUT2D eigenvalue weighted by Crippen LogP contribution is -2.47. The van der Waals surface area contributed by atoms with Crippen molar-refractivity contribution < 1.29 is 32.3 Å². The second-order valence-electron chi connectivity index (χ2n) is 11.1. The second-order valence-corrected chi connectivity index (χ2v) is 13.3. The SMILES string of the molecule is CC(C)(C)C(=O)Oc1c2n(c([C@@H]3CCCN3C(=O)OCc3ccccc3)nc1=O)CCN(CCS(C)(=O)=O)C2=O. The molecule has 0 N–H and O–H groups in total. The number of aromatic nitrogens is 2. The molecule has 12 nitrogen and oxygen atoms in total. The summed E-state index contributed by atoms with van der Waals surface area (Å²) in [5.74, 6) is -1.95. The Bertz CT molecular complexity index is 1460. The average Bonchev–Trinajstić information content (AvgIpc) is 3.37. The molecule has 1 fully saturated rings. The van der Waals surface area contributed by atoms with Gasteiger partial charge in [0.1, 0.15) is 22.3 Å². The van der Waals surface area contributed by atoms with Crippen LogP contribution in [0.15, 0.2) is 35.1 Å². The lowest BCUT2D eigenvalue weighted by Gasteiger charge is -2.34. The molecule has 13 heteroatoms. The smallest absolute Gasteiger partial charge is 0.410 e. The summed E-state index contributed by atoms with van der Waals surface area (Å²) in [6.07, 6.45) is 1.62. The molecule has 4 rings (SSSR count). The van der Waals surface area contributed by atoms with E-state index < -0.39 is 50.6 Å². The molecular weight excluding hydrogens is 540 g/mol. The summed E-state index contributed by atoms with van der Waals surface area (Å²) in [7, 11) is -3.36. The van der Waals surface area contributed by atoms with Crippen molar-refractivity contribution in [2.75, 3.05) is 31.6 Å². The summed E-state index contributed by atoms with van der Waals surface area (Å²) in [5, 5.41) is 0. The minimum absolute atomic E-state index is 0.0733. The summed E-state index contributed by atoms with van der Waals surface area (Å²) in [4.78, 5) is 59.7. The van der Waals surface area contributed by atoms with Crippen molar-refractivity contribution in [2.45, 2.75) is 52.8 Å². The Morgan fingerprint density at radius 3 is 2.42 bits per heavy atom. The lowest BCUT2D eigenvalue weighted by atomic mass is 9.97. The molecule has 40 heavy (non-hydrogen) atoms. The minimum Gasteiger partial charge on any atom is -0.445 e. The van der Waals surface area contributed by atoms with Gasteiger partial charge in [-0.3, -0.25) is 19.3 Å². The highest BCUT2D eigenvalue weighted by atomic mass is 32.2. The van der Waals surface area contributed by atoms with Crippen LogP contribution in [-0.4, -0.2) is 77.4 Å². The van der Waals surface area contributed by atoms with Crippen LogP contribution in [0.4, 0.5) is 4.79 Å². The van der Waals surface area contributed by atoms with Gasteiger partial charge in [-0.2, -0.15) is 4.98 Å². The Hall–Kier alpha value is -3.74. The monoisotopic (exact) mass is 574 g/mol. The molecular formula is C27H34N4O8S. The van der Waals surface area contributed by atoms with Gasteiger partial charge in [0.2, 0.25) is 5.75 Å². The van der Waals surface area contributed by atoms with E-state index in [-0.39, 0.29) is 43.5 Å². The number of nitrogens with zero attached hydrogens (tertiary/aromatic N) is 4. The number of benzene rings is 1. The van der Waals surface area contributed by atoms with Crippen molar-refractivity contribution >= 4 is 27.8 Å². The number of sulfone groups is 1. The fourth-order valence-electron chi connectivity index (χ4n) is 4.60. The highest BCUT2D eigenvalue weighted by Gasteiger charge is 2.40. The van der Waals surface area contributed by atoms with Crippen LogP contribution >= 0.6 is 0 Å². The minimum atomic E-state index is -3.36. The number of carbonyl (C=O) groups excluding carboxylic acids is 3. The number of rotatable bonds is 7. The first kappa shape index (κ1) is 29.2. The fourth-order valence-corrected chi connectivity index (χ4v) is 5.15. The molecule has 2 aliphatic heterocycles. The van der Waals surface area contributed by atoms with Gasteiger partial charge in [0.25, 0.3) is 5.91 Å². The summed E-state index contributed by atoms with van der Waals surface area (Å²) >= 11 is 0. The van der Waals surface area contributed by atoms with Crippen LogP contribution in [0.25, 0.3) is 0 Å². The Morgan fingerprint density at radius 2 is 1.77 bits per heavy atom. The summed E-state index contributed by atoms with van der Waals surface area (Å²) < 4.78 is 36.0. The number of hydrogen-bond donors (Lipinski definition) is 0. The van der Waals surface area contributed by atoms with Crippen molar-refractivity contribution in [1.29, 1.82) is 0 Å². The molecule has 0 unspecified atom stereocenters. The molecule has 0 spiro atoms. The number of carbonyl (C=O) groups is 3. The van der Waals surface area contributed by atoms with Gasteiger partial charge < -0.3 is 18.9 Å². The highest BCUT2D eigenvalue weighted by molar-refractivity contribution is 7.90. The third-order valence-corrected chi connectivity index (χ3v) is 7.71. The molecule has 1 atom stereocenters. The summed E-state index contributed by atoms with van der Waals surface area (Å²) in [6.45, 7) is 5.50. The normalized spacial score (nSPS) is 17.5. The first-order valence-electron chi connectivity index (χ1n) is 13.1. The number of amides is 2. The van der Waals surface area contributed by atoms with Gasteiger partial charge in [-0.15, -0.1) is 0 Å². The summed E-state index contributed by atoms with van der Waals surface area (Å²) in [5.41, 5.74) is -1.25. The van der Waals surface area contributed by atoms with Crippen molar-refractivity contribution in [3.63, 3.8) is 0 Å². The quantitative estimate of drug-likeness (QED) is 0.454. The van der Waals surface area contributed by atoms with Gasteiger partial charge in [0, 0.05) is 32.4 Å². The largest absolute Gasteiger partial charge is 0.445 e. The van der Waals surface area contributed by atoms with E-state index in [0.29, 0.717) is 19.4 Å². The first-order chi connectivity index (χ1) is 18.8. The molecule has 0 saturated carbocycles. The molecule has 2 aromatic rings. The lowest BCUT2D eigenvalue weighted by molar-refractivity contribution is -0.143. The number of hydrogen-bond acceptors (Lipinski definition) is 9. The Morgan fingerprint density at radius 1 is 1.07 bits per heavy atom. The highest BCUT2D eigenvalue weighted by Crippen LogP contribution is 2.34. The van der Waals surface area contributed by atoms with E-state index in [1.165, 1.54) is 14.4 Å². The zero-order valence-corrected chi connectivity index (χ0v) is 23.9. The molecule has 0 bridgehead atoms. The predicted molar refractivity (Wildman–Crippen MR) is 145 cm³/mol. The van der Waals surface area contributed by atoms with Crippen molar-refractivity contribution in [1.82, 2.24) is 19.4 Å². The van der Waals surface area contributed by atoms with Gasteiger partial charge >= 0.3 is 17.6 Å². The molecule has 3 heterocycles. The van der Waals surface area contributed by atoms with Gasteiger partial charge in [-0.25, -0.2) is 13.2 Å². The molecule has 2 amide bonds. The molecule has 1 saturated heterocycles. The first-order valence-corrected chi connectivity index (χ1v) is 15.1. The van der Waals surface area contributed by atoms with Crippen LogP contribution in [0, 0.1) is 5.41 Å². The molecule has 0 radical (unpaired) electrons. The zero-order chi connectivity index (χ0) is 29.2. The molecule has 0 aliphatic carbocycles. The van der Waals surface area contributed by atoms with Gasteiger partial charge in [0.05, 0.1) is 17.2 Å². The van der Waals surface area contributed by atoms with E-state index >= 15 is 0 Å². The van der Waals surface area contributed by atoms with Crippen LogP contribution in [0.3, 0.4) is 0 Å². The van der Waals surface area contributed by atoms with Crippen LogP contribution in [-0.2, 0) is 32.5 Å². The topological polar surface area (TPSA) is 145 Å². The maximum Gasteiger partial charge on any atom is 0.410 e. The third kappa shape index (κ3) is 6.52. The van der Waals surface area contributed by atoms with Crippen LogP contribution < -0.4 is 10.3 Å². The van der Waals surface area contributed by atoms with Crippen molar-refractivity contribution in [2.24, 2.45) is 5.41 Å². The van der Waals surface area contributed by atoms with Crippen molar-refractivity contribution in [3.05, 3.63) is 57.8 Å². The third-order valence-electron chi connectivity index (χ3n) is 6.78. The second kappa shape index (κ2) is 11.4. The Balaban J connectivity index is 1.70. The maximum atomic E-state index is 13.6. The zero-order valence-electron chi connectivity index (χ0n) is 23.1. The van der Waals surface area contributed by atoms with E-state index in [4.69, 9.17) is 9.47 Å². The van der Waals surface area contributed by atoms with Gasteiger partial charge in [-0.05, 0) is 39.2 Å². The number of fused-ring (bicyclic) bond motifs is 1. The number of esters is 1. The Kier molecular flexibility index (Phi) is 8.33. The van der Waals surface area contributed by atoms with E-state index in [9.17, 15) is 27.6 Å². The maximum absolute atomic E-state index is 13.6. The summed E-state index contributed by atoms with van der Waals surface area (Å²) in [6, 6.07) is 8.58. The average molecular weight is 575 g/mol. The number of likely N-dealkylation sites (tertiary alicyclic amines) is 1. The molecule has 1 aromatic heterocycles. The van der Waals surface area contributed by atoms with Gasteiger partial charge in [-0.1, -0.05) is 30.3 Å². The fraction of sp³-hybridized carbons (Fsp3) is 0.519. The Labute approximate surface area is 232 Å². The van der Waals surface area contributed by atoms with Gasteiger partial charge in [0.15, 0.2) is 5.69 Å². The number of ether oxygens (including phenoxy) is 2. The van der Waals surface area contributed by atoms with E-state index in [1.54, 1.807) is 20.8 Å². The molecule has 216 valence electrons. The van der Waals surface area contributed by atoms with Crippen LogP contribution in [0.1, 0.15) is 61.5 Å². The van der Waals surface area contributed by atoms with E-state index in [1.807, 2.05) is 30.3 Å².